The molecule has 17 heavy (non-hydrogen) atoms. The maximum atomic E-state index is 12.4. The Morgan fingerprint density at radius 1 is 1.00 bits per heavy atom. The molecule has 1 saturated carbocycles. The van der Waals surface area contributed by atoms with Crippen LogP contribution in [0.2, 0.25) is 0 Å². The lowest BCUT2D eigenvalue weighted by atomic mass is 10.0. The van der Waals surface area contributed by atoms with Crippen molar-refractivity contribution in [1.29, 1.82) is 0 Å². The summed E-state index contributed by atoms with van der Waals surface area (Å²) in [5.41, 5.74) is 0. The molecule has 2 rings (SSSR count). The van der Waals surface area contributed by atoms with Gasteiger partial charge in [0.15, 0.2) is 0 Å². The van der Waals surface area contributed by atoms with Crippen LogP contribution >= 0.6 is 0 Å². The number of aliphatic carboxylic acids is 1. The van der Waals surface area contributed by atoms with Crippen LogP contribution in [0.3, 0.4) is 0 Å². The van der Waals surface area contributed by atoms with E-state index in [9.17, 15) is 9.59 Å². The van der Waals surface area contributed by atoms with Crippen LogP contribution in [0.5, 0.6) is 0 Å². The number of carboxylic acid groups (broad SMARTS) is 1. The van der Waals surface area contributed by atoms with Crippen LogP contribution in [0.25, 0.3) is 0 Å². The minimum absolute atomic E-state index is 0.0564. The molecule has 0 radical (unpaired) electrons. The SMILES string of the molecule is CC1CCC(C)N1C(=O)[C@@H]1CC[C@H](C(=O)O)C1. The second-order valence-electron chi connectivity index (χ2n) is 5.57. The van der Waals surface area contributed by atoms with Gasteiger partial charge in [-0.25, -0.2) is 0 Å². The van der Waals surface area contributed by atoms with Gasteiger partial charge in [-0.05, 0) is 46.0 Å². The van der Waals surface area contributed by atoms with Crippen molar-refractivity contribution >= 4 is 11.9 Å². The zero-order chi connectivity index (χ0) is 12.6. The summed E-state index contributed by atoms with van der Waals surface area (Å²) in [5.74, 6) is -0.926. The quantitative estimate of drug-likeness (QED) is 0.800. The second kappa shape index (κ2) is 4.67. The van der Waals surface area contributed by atoms with Crippen molar-refractivity contribution in [3.05, 3.63) is 0 Å². The van der Waals surface area contributed by atoms with E-state index in [1.54, 1.807) is 0 Å². The highest BCUT2D eigenvalue weighted by atomic mass is 16.4. The molecular formula is C13H21NO3. The van der Waals surface area contributed by atoms with Gasteiger partial charge in [0.25, 0.3) is 0 Å². The van der Waals surface area contributed by atoms with Crippen molar-refractivity contribution < 1.29 is 14.7 Å². The Bertz CT molecular complexity index is 319. The van der Waals surface area contributed by atoms with E-state index in [0.29, 0.717) is 24.9 Å². The first-order valence-corrected chi connectivity index (χ1v) is 6.55. The molecular weight excluding hydrogens is 218 g/mol. The number of carbonyl (C=O) groups is 2. The van der Waals surface area contributed by atoms with Gasteiger partial charge in [0.2, 0.25) is 5.91 Å². The standard InChI is InChI=1S/C13H21NO3/c1-8-3-4-9(2)14(8)12(15)10-5-6-11(7-10)13(16)17/h8-11H,3-7H2,1-2H3,(H,16,17)/t8?,9?,10-,11+/m1/s1. The van der Waals surface area contributed by atoms with Crippen LogP contribution in [0.4, 0.5) is 0 Å². The van der Waals surface area contributed by atoms with E-state index in [2.05, 4.69) is 13.8 Å². The van der Waals surface area contributed by atoms with Gasteiger partial charge in [-0.2, -0.15) is 0 Å². The summed E-state index contributed by atoms with van der Waals surface area (Å²) in [6.45, 7) is 4.18. The third-order valence-electron chi connectivity index (χ3n) is 4.34. The van der Waals surface area contributed by atoms with Gasteiger partial charge < -0.3 is 10.0 Å². The third kappa shape index (κ3) is 2.31. The summed E-state index contributed by atoms with van der Waals surface area (Å²) in [7, 11) is 0. The average Bonchev–Trinajstić information content (AvgIpc) is 2.85. The Hall–Kier alpha value is -1.06. The van der Waals surface area contributed by atoms with Crippen LogP contribution in [-0.2, 0) is 9.59 Å². The number of rotatable bonds is 2. The number of nitrogens with zero attached hydrogens (tertiary/aromatic N) is 1. The van der Waals surface area contributed by atoms with E-state index in [1.807, 2.05) is 4.90 Å². The zero-order valence-corrected chi connectivity index (χ0v) is 10.6. The minimum atomic E-state index is -0.747. The molecule has 96 valence electrons. The summed E-state index contributed by atoms with van der Waals surface area (Å²) in [4.78, 5) is 25.2. The Morgan fingerprint density at radius 2 is 1.53 bits per heavy atom. The van der Waals surface area contributed by atoms with Gasteiger partial charge >= 0.3 is 5.97 Å². The molecule has 2 fully saturated rings. The molecule has 1 heterocycles. The monoisotopic (exact) mass is 239 g/mol. The van der Waals surface area contributed by atoms with Crippen molar-refractivity contribution in [1.82, 2.24) is 4.90 Å². The Labute approximate surface area is 102 Å². The minimum Gasteiger partial charge on any atom is -0.481 e. The third-order valence-corrected chi connectivity index (χ3v) is 4.34. The predicted octanol–water partition coefficient (Wildman–Crippen LogP) is 1.89. The van der Waals surface area contributed by atoms with E-state index in [1.165, 1.54) is 0 Å². The molecule has 1 N–H and O–H groups in total. The van der Waals surface area contributed by atoms with Crippen LogP contribution in [-0.4, -0.2) is 34.0 Å². The smallest absolute Gasteiger partial charge is 0.306 e. The fourth-order valence-corrected chi connectivity index (χ4v) is 3.27. The molecule has 1 aliphatic heterocycles. The Morgan fingerprint density at radius 3 is 2.00 bits per heavy atom. The molecule has 2 unspecified atom stereocenters. The molecule has 4 atom stereocenters. The predicted molar refractivity (Wildman–Crippen MR) is 63.5 cm³/mol. The van der Waals surface area contributed by atoms with Gasteiger partial charge in [-0.1, -0.05) is 0 Å². The molecule has 0 spiro atoms. The average molecular weight is 239 g/mol. The Kier molecular flexibility index (Phi) is 3.40. The van der Waals surface area contributed by atoms with E-state index >= 15 is 0 Å². The molecule has 1 saturated heterocycles. The summed E-state index contributed by atoms with van der Waals surface area (Å²) in [5, 5.41) is 8.96. The van der Waals surface area contributed by atoms with Gasteiger partial charge in [0.05, 0.1) is 5.92 Å². The Balaban J connectivity index is 1.99. The van der Waals surface area contributed by atoms with Gasteiger partial charge in [0.1, 0.15) is 0 Å². The van der Waals surface area contributed by atoms with E-state index in [4.69, 9.17) is 5.11 Å². The molecule has 0 aromatic rings. The summed E-state index contributed by atoms with van der Waals surface area (Å²) in [6, 6.07) is 0.641. The van der Waals surface area contributed by atoms with Gasteiger partial charge in [0, 0.05) is 18.0 Å². The highest BCUT2D eigenvalue weighted by Crippen LogP contribution is 2.35. The highest BCUT2D eigenvalue weighted by Gasteiger charge is 2.40. The number of hydrogen-bond donors (Lipinski definition) is 1. The maximum absolute atomic E-state index is 12.4. The summed E-state index contributed by atoms with van der Waals surface area (Å²) in [6.07, 6.45) is 4.07. The van der Waals surface area contributed by atoms with Gasteiger partial charge in [-0.15, -0.1) is 0 Å². The molecule has 4 nitrogen and oxygen atoms in total. The van der Waals surface area contributed by atoms with Crippen molar-refractivity contribution in [2.24, 2.45) is 11.8 Å². The van der Waals surface area contributed by atoms with E-state index in [-0.39, 0.29) is 17.7 Å². The number of hydrogen-bond acceptors (Lipinski definition) is 2. The second-order valence-corrected chi connectivity index (χ2v) is 5.57. The fourth-order valence-electron chi connectivity index (χ4n) is 3.27. The molecule has 2 aliphatic rings. The molecule has 4 heteroatoms. The fraction of sp³-hybridized carbons (Fsp3) is 0.846. The molecule has 0 bridgehead atoms. The van der Waals surface area contributed by atoms with E-state index in [0.717, 1.165) is 19.3 Å². The van der Waals surface area contributed by atoms with Crippen molar-refractivity contribution in [2.75, 3.05) is 0 Å². The van der Waals surface area contributed by atoms with E-state index < -0.39 is 5.97 Å². The van der Waals surface area contributed by atoms with Gasteiger partial charge in [-0.3, -0.25) is 9.59 Å². The first-order valence-electron chi connectivity index (χ1n) is 6.55. The number of carbonyl (C=O) groups excluding carboxylic acids is 1. The molecule has 0 aromatic carbocycles. The first-order chi connectivity index (χ1) is 8.00. The normalized spacial score (nSPS) is 37.4. The molecule has 1 aliphatic carbocycles. The molecule has 0 aromatic heterocycles. The highest BCUT2D eigenvalue weighted by molar-refractivity contribution is 5.81. The summed E-state index contributed by atoms with van der Waals surface area (Å²) < 4.78 is 0. The van der Waals surface area contributed by atoms with Crippen molar-refractivity contribution in [3.63, 3.8) is 0 Å². The lowest BCUT2D eigenvalue weighted by Gasteiger charge is -2.29. The van der Waals surface area contributed by atoms with Crippen LogP contribution < -0.4 is 0 Å². The van der Waals surface area contributed by atoms with Crippen LogP contribution in [0.15, 0.2) is 0 Å². The zero-order valence-electron chi connectivity index (χ0n) is 10.6. The molecule has 1 amide bonds. The lowest BCUT2D eigenvalue weighted by Crippen LogP contribution is -2.41. The van der Waals surface area contributed by atoms with Crippen molar-refractivity contribution in [2.45, 2.75) is 58.0 Å². The van der Waals surface area contributed by atoms with Crippen LogP contribution in [0, 0.1) is 11.8 Å². The maximum Gasteiger partial charge on any atom is 0.306 e. The lowest BCUT2D eigenvalue weighted by molar-refractivity contribution is -0.142. The topological polar surface area (TPSA) is 57.6 Å². The number of carboxylic acids is 1. The summed E-state index contributed by atoms with van der Waals surface area (Å²) >= 11 is 0. The van der Waals surface area contributed by atoms with Crippen LogP contribution in [0.1, 0.15) is 46.0 Å². The van der Waals surface area contributed by atoms with Crippen molar-refractivity contribution in [3.8, 4) is 0 Å². The number of amides is 1. The first kappa shape index (κ1) is 12.4. The largest absolute Gasteiger partial charge is 0.481 e. The number of likely N-dealkylation sites (tertiary alicyclic amines) is 1.